The number of carboxylic acid groups (broad SMARTS) is 1. The van der Waals surface area contributed by atoms with E-state index >= 15 is 0 Å². The molecule has 0 spiro atoms. The summed E-state index contributed by atoms with van der Waals surface area (Å²) in [5.41, 5.74) is 0.730. The van der Waals surface area contributed by atoms with E-state index in [1.165, 1.54) is 28.4 Å². The van der Waals surface area contributed by atoms with E-state index in [1.54, 1.807) is 18.2 Å². The second kappa shape index (κ2) is 13.6. The topological polar surface area (TPSA) is 86.7 Å². The van der Waals surface area contributed by atoms with Gasteiger partial charge in [0.25, 0.3) is 5.91 Å². The summed E-state index contributed by atoms with van der Waals surface area (Å²) in [6, 6.07) is 35.0. The molecule has 228 valence electrons. The Morgan fingerprint density at radius 2 is 1.42 bits per heavy atom. The lowest BCUT2D eigenvalue weighted by Gasteiger charge is -2.49. The quantitative estimate of drug-likeness (QED) is 0.124. The summed E-state index contributed by atoms with van der Waals surface area (Å²) in [7, 11) is -2.39. The number of carbonyl (C=O) groups excluding carboxylic acids is 2. The molecule has 2 amide bonds. The number of nitrogens with one attached hydrogen (secondary N) is 1. The van der Waals surface area contributed by atoms with Gasteiger partial charge in [-0.25, -0.2) is 4.79 Å². The number of hydrogen-bond donors (Lipinski definition) is 2. The molecule has 0 unspecified atom stereocenters. The molecule has 0 bridgehead atoms. The Labute approximate surface area is 280 Å². The van der Waals surface area contributed by atoms with Crippen LogP contribution in [0.3, 0.4) is 0 Å². The van der Waals surface area contributed by atoms with Gasteiger partial charge in [-0.15, -0.1) is 23.5 Å². The molecule has 6 nitrogen and oxygen atoms in total. The lowest BCUT2D eigenvalue weighted by Crippen LogP contribution is -2.70. The summed E-state index contributed by atoms with van der Waals surface area (Å²) >= 11 is 14.8. The predicted octanol–water partition coefficient (Wildman–Crippen LogP) is 5.82. The number of thioether (sulfide) groups is 2. The van der Waals surface area contributed by atoms with Crippen molar-refractivity contribution in [2.45, 2.75) is 16.3 Å². The Morgan fingerprint density at radius 1 is 0.867 bits per heavy atom. The molecule has 1 saturated heterocycles. The lowest BCUT2D eigenvalue weighted by molar-refractivity contribution is -0.150. The molecule has 2 aliphatic rings. The second-order valence-corrected chi connectivity index (χ2v) is 17.0. The molecule has 1 fully saturated rings. The highest BCUT2D eigenvalue weighted by atomic mass is 35.5. The van der Waals surface area contributed by atoms with E-state index < -0.39 is 30.6 Å². The fourth-order valence-corrected chi connectivity index (χ4v) is 12.7. The minimum atomic E-state index is -2.39. The minimum absolute atomic E-state index is 0.0200. The molecular formula is C34H28Cl2N2O4PS2+. The molecule has 0 aromatic heterocycles. The first kappa shape index (κ1) is 31.7. The standard InChI is InChI=1S/C34H27Cl2N2O4PS2/c35-27-17-16-26(18-28(27)36)44-21-29(39)37-30-32(40)38-31(34(41)42)22(20-45-33(30)38)19-43(23-10-4-1-5-11-23,24-12-6-2-7-13-24)25-14-8-3-9-15-25/h1-18,30,33H,19-21H2,(H-,37,39,41,42)/p+1/t30-,33-/m1/s1. The molecule has 2 N–H and O–H groups in total. The molecule has 2 atom stereocenters. The number of carbonyl (C=O) groups is 3. The molecule has 0 radical (unpaired) electrons. The zero-order chi connectivity index (χ0) is 31.6. The van der Waals surface area contributed by atoms with Crippen molar-refractivity contribution in [1.29, 1.82) is 0 Å². The van der Waals surface area contributed by atoms with Gasteiger partial charge in [0.05, 0.1) is 22.0 Å². The Kier molecular flexibility index (Phi) is 9.60. The van der Waals surface area contributed by atoms with E-state index in [0.717, 1.165) is 20.8 Å². The first-order chi connectivity index (χ1) is 21.8. The van der Waals surface area contributed by atoms with E-state index in [4.69, 9.17) is 23.2 Å². The molecular weight excluding hydrogens is 666 g/mol. The van der Waals surface area contributed by atoms with Crippen LogP contribution < -0.4 is 21.2 Å². The number of β-lactam (4-membered cyclic amide) rings is 1. The summed E-state index contributed by atoms with van der Waals surface area (Å²) in [6.45, 7) is 0. The van der Waals surface area contributed by atoms with Gasteiger partial charge in [-0.2, -0.15) is 0 Å². The molecule has 4 aromatic carbocycles. The van der Waals surface area contributed by atoms with Crippen molar-refractivity contribution in [2.75, 3.05) is 17.7 Å². The number of rotatable bonds is 10. The molecule has 4 aromatic rings. The van der Waals surface area contributed by atoms with Crippen LogP contribution in [0, 0.1) is 0 Å². The number of amides is 2. The normalized spacial score (nSPS) is 17.8. The fourth-order valence-electron chi connectivity index (χ4n) is 5.79. The van der Waals surface area contributed by atoms with Crippen molar-refractivity contribution in [3.05, 3.63) is 131 Å². The van der Waals surface area contributed by atoms with Crippen LogP contribution in [-0.4, -0.2) is 56.9 Å². The van der Waals surface area contributed by atoms with E-state index in [-0.39, 0.29) is 17.4 Å². The van der Waals surface area contributed by atoms with Gasteiger partial charge < -0.3 is 10.4 Å². The van der Waals surface area contributed by atoms with Crippen LogP contribution in [0.15, 0.2) is 125 Å². The van der Waals surface area contributed by atoms with Crippen molar-refractivity contribution in [3.8, 4) is 0 Å². The van der Waals surface area contributed by atoms with Crippen LogP contribution in [0.2, 0.25) is 10.0 Å². The average molecular weight is 695 g/mol. The lowest BCUT2D eigenvalue weighted by atomic mass is 10.0. The SMILES string of the molecule is O=C(CSc1ccc(Cl)c(Cl)c1)N[C@@H]1C(=O)N2C(C(=O)O)=C(C[P+](c3ccccc3)(c3ccccc3)c3ccccc3)CS[C@H]12. The van der Waals surface area contributed by atoms with Gasteiger partial charge >= 0.3 is 5.97 Å². The Hall–Kier alpha value is -3.26. The summed E-state index contributed by atoms with van der Waals surface area (Å²) in [5.74, 6) is -1.38. The van der Waals surface area contributed by atoms with E-state index in [2.05, 4.69) is 41.7 Å². The highest BCUT2D eigenvalue weighted by molar-refractivity contribution is 8.00. The molecule has 0 saturated carbocycles. The maximum atomic E-state index is 13.5. The molecule has 6 rings (SSSR count). The number of fused-ring (bicyclic) bond motifs is 1. The van der Waals surface area contributed by atoms with Crippen molar-refractivity contribution >= 4 is 87.7 Å². The van der Waals surface area contributed by atoms with Crippen LogP contribution in [0.1, 0.15) is 0 Å². The molecule has 2 heterocycles. The number of halogens is 2. The van der Waals surface area contributed by atoms with Crippen LogP contribution in [-0.2, 0) is 14.4 Å². The molecule has 0 aliphatic carbocycles. The van der Waals surface area contributed by atoms with Crippen molar-refractivity contribution in [2.24, 2.45) is 0 Å². The van der Waals surface area contributed by atoms with Crippen molar-refractivity contribution < 1.29 is 19.5 Å². The van der Waals surface area contributed by atoms with Gasteiger partial charge in [-0.1, -0.05) is 77.8 Å². The van der Waals surface area contributed by atoms with Crippen LogP contribution in [0.4, 0.5) is 0 Å². The maximum Gasteiger partial charge on any atom is 0.352 e. The van der Waals surface area contributed by atoms with Gasteiger partial charge in [-0.3, -0.25) is 14.5 Å². The van der Waals surface area contributed by atoms with Gasteiger partial charge in [-0.05, 0) is 54.6 Å². The molecule has 45 heavy (non-hydrogen) atoms. The zero-order valence-electron chi connectivity index (χ0n) is 23.8. The smallest absolute Gasteiger partial charge is 0.352 e. The largest absolute Gasteiger partial charge is 0.477 e. The van der Waals surface area contributed by atoms with Gasteiger partial charge in [0.15, 0.2) is 0 Å². The second-order valence-electron chi connectivity index (χ2n) is 10.6. The number of hydrogen-bond acceptors (Lipinski definition) is 5. The summed E-state index contributed by atoms with van der Waals surface area (Å²) in [5, 5.41) is 17.1. The number of benzene rings is 4. The first-order valence-corrected chi connectivity index (χ1v) is 18.9. The third-order valence-corrected chi connectivity index (χ3v) is 15.3. The van der Waals surface area contributed by atoms with Crippen LogP contribution >= 0.6 is 54.0 Å². The van der Waals surface area contributed by atoms with Crippen LogP contribution in [0.25, 0.3) is 0 Å². The van der Waals surface area contributed by atoms with Gasteiger partial charge in [0.2, 0.25) is 5.91 Å². The zero-order valence-corrected chi connectivity index (χ0v) is 27.8. The summed E-state index contributed by atoms with van der Waals surface area (Å²) in [4.78, 5) is 41.3. The highest BCUT2D eigenvalue weighted by Crippen LogP contribution is 2.58. The van der Waals surface area contributed by atoms with Gasteiger partial charge in [0, 0.05) is 16.2 Å². The Balaban J connectivity index is 1.30. The van der Waals surface area contributed by atoms with Crippen LogP contribution in [0.5, 0.6) is 0 Å². The third kappa shape index (κ3) is 6.27. The van der Waals surface area contributed by atoms with Crippen molar-refractivity contribution in [1.82, 2.24) is 10.2 Å². The number of nitrogens with zero attached hydrogens (tertiary/aromatic N) is 1. The van der Waals surface area contributed by atoms with E-state index in [9.17, 15) is 19.5 Å². The Morgan fingerprint density at radius 3 is 1.93 bits per heavy atom. The third-order valence-electron chi connectivity index (χ3n) is 7.85. The Bertz CT molecular complexity index is 1680. The number of aliphatic carboxylic acids is 1. The maximum absolute atomic E-state index is 13.5. The van der Waals surface area contributed by atoms with E-state index in [0.29, 0.717) is 27.5 Å². The predicted molar refractivity (Wildman–Crippen MR) is 187 cm³/mol. The summed E-state index contributed by atoms with van der Waals surface area (Å²) in [6.07, 6.45) is 0.466. The fraction of sp³-hybridized carbons (Fsp3) is 0.147. The highest BCUT2D eigenvalue weighted by Gasteiger charge is 2.56. The summed E-state index contributed by atoms with van der Waals surface area (Å²) < 4.78 is 0. The minimum Gasteiger partial charge on any atom is -0.477 e. The average Bonchev–Trinajstić information content (AvgIpc) is 3.07. The monoisotopic (exact) mass is 693 g/mol. The van der Waals surface area contributed by atoms with E-state index in [1.807, 2.05) is 54.6 Å². The molecule has 2 aliphatic heterocycles. The molecule has 11 heteroatoms. The number of carboxylic acids is 1. The van der Waals surface area contributed by atoms with Gasteiger partial charge in [0.1, 0.15) is 40.3 Å². The first-order valence-electron chi connectivity index (χ1n) is 14.1. The van der Waals surface area contributed by atoms with Crippen molar-refractivity contribution in [3.63, 3.8) is 0 Å².